The molecular weight excluding hydrogens is 636 g/mol. The molecule has 0 radical (unpaired) electrons. The van der Waals surface area contributed by atoms with Gasteiger partial charge in [-0.15, -0.1) is 0 Å². The number of aromatic amines is 2. The summed E-state index contributed by atoms with van der Waals surface area (Å²) in [6.07, 6.45) is 5.84. The summed E-state index contributed by atoms with van der Waals surface area (Å²) in [7, 11) is -3.49. The molecule has 0 aliphatic carbocycles. The molecule has 2 aromatic carbocycles. The molecule has 4 aromatic heterocycles. The fourth-order valence-electron chi connectivity index (χ4n) is 5.48. The van der Waals surface area contributed by atoms with Gasteiger partial charge in [0, 0.05) is 49.7 Å². The first-order valence-electron chi connectivity index (χ1n) is 14.7. The van der Waals surface area contributed by atoms with Gasteiger partial charge in [0.1, 0.15) is 23.9 Å². The second kappa shape index (κ2) is 13.6. The quantitative estimate of drug-likeness (QED) is 0.135. The number of halogens is 4. The van der Waals surface area contributed by atoms with Crippen LogP contribution in [-0.2, 0) is 23.1 Å². The summed E-state index contributed by atoms with van der Waals surface area (Å²) in [6.45, 7) is -0.345. The Labute approximate surface area is 267 Å². The summed E-state index contributed by atoms with van der Waals surface area (Å²) in [5.74, 6) is -0.946. The van der Waals surface area contributed by atoms with E-state index in [9.17, 15) is 21.6 Å². The molecule has 6 aromatic rings. The molecule has 0 saturated carbocycles. The van der Waals surface area contributed by atoms with Crippen molar-refractivity contribution in [3.63, 3.8) is 0 Å². The molecule has 0 amide bonds. The number of nitrogens with one attached hydrogen (secondary N) is 3. The molecule has 4 heterocycles. The third kappa shape index (κ3) is 7.16. The summed E-state index contributed by atoms with van der Waals surface area (Å²) in [5.41, 5.74) is 4.20. The van der Waals surface area contributed by atoms with E-state index in [1.165, 1.54) is 24.5 Å². The first-order chi connectivity index (χ1) is 22.6. The molecule has 0 spiro atoms. The Kier molecular flexibility index (Phi) is 9.29. The van der Waals surface area contributed by atoms with Crippen molar-refractivity contribution >= 4 is 32.0 Å². The maximum Gasteiger partial charge on any atom is 0.209 e. The van der Waals surface area contributed by atoms with Crippen molar-refractivity contribution < 1.29 is 26.0 Å². The summed E-state index contributed by atoms with van der Waals surface area (Å²) in [5, 5.41) is 7.27. The first kappa shape index (κ1) is 32.2. The highest BCUT2D eigenvalue weighted by Crippen LogP contribution is 2.35. The number of para-hydroxylation sites is 1. The lowest BCUT2D eigenvalue weighted by atomic mass is 10.0. The normalized spacial score (nSPS) is 12.1. The number of hydrogen-bond donors (Lipinski definition) is 3. The van der Waals surface area contributed by atoms with E-state index in [4.69, 9.17) is 4.98 Å². The zero-order valence-corrected chi connectivity index (χ0v) is 26.0. The lowest BCUT2D eigenvalue weighted by Crippen LogP contribution is -2.27. The van der Waals surface area contributed by atoms with E-state index >= 15 is 4.39 Å². The molecule has 10 nitrogen and oxygen atoms in total. The van der Waals surface area contributed by atoms with Crippen molar-refractivity contribution in [2.75, 3.05) is 32.7 Å². The van der Waals surface area contributed by atoms with Gasteiger partial charge in [0.25, 0.3) is 0 Å². The molecule has 0 unspecified atom stereocenters. The number of imidazole rings is 1. The molecule has 47 heavy (non-hydrogen) atoms. The van der Waals surface area contributed by atoms with E-state index in [2.05, 4.69) is 29.9 Å². The maximum atomic E-state index is 16.3. The Morgan fingerprint density at radius 2 is 1.74 bits per heavy atom. The molecule has 0 aliphatic heterocycles. The van der Waals surface area contributed by atoms with Crippen LogP contribution in [0.4, 0.5) is 17.6 Å². The summed E-state index contributed by atoms with van der Waals surface area (Å²) < 4.78 is 82.2. The van der Waals surface area contributed by atoms with Gasteiger partial charge in [0.2, 0.25) is 10.0 Å². The number of nitrogens with zero attached hydrogens (tertiary/aromatic N) is 5. The van der Waals surface area contributed by atoms with E-state index in [1.54, 1.807) is 41.4 Å². The van der Waals surface area contributed by atoms with Gasteiger partial charge in [-0.2, -0.15) is 5.10 Å². The number of alkyl halides is 2. The van der Waals surface area contributed by atoms with Crippen LogP contribution in [0.2, 0.25) is 0 Å². The molecule has 0 aliphatic rings. The van der Waals surface area contributed by atoms with Crippen molar-refractivity contribution in [1.29, 1.82) is 0 Å². The van der Waals surface area contributed by atoms with Crippen LogP contribution in [0.15, 0.2) is 61.1 Å². The Balaban J connectivity index is 1.37. The maximum absolute atomic E-state index is 16.3. The SMILES string of the molecule is CS(=O)(=O)NCc1cc(F)cc(-c2cccc3[nH]c(-c4n[nH]c5cnc(-c6cncc(CN(CCF)CCCF)c6)c(F)c45)nc23)c1. The Morgan fingerprint density at radius 1 is 0.915 bits per heavy atom. The van der Waals surface area contributed by atoms with Crippen molar-refractivity contribution in [2.45, 2.75) is 19.5 Å². The Morgan fingerprint density at radius 3 is 2.53 bits per heavy atom. The van der Waals surface area contributed by atoms with Gasteiger partial charge in [0.15, 0.2) is 11.6 Å². The van der Waals surface area contributed by atoms with Gasteiger partial charge >= 0.3 is 0 Å². The number of H-pyrrole nitrogens is 2. The molecule has 6 rings (SSSR count). The van der Waals surface area contributed by atoms with Crippen LogP contribution in [0.5, 0.6) is 0 Å². The third-order valence-electron chi connectivity index (χ3n) is 7.57. The van der Waals surface area contributed by atoms with E-state index in [1.807, 2.05) is 0 Å². The van der Waals surface area contributed by atoms with Crippen LogP contribution in [0.25, 0.3) is 55.8 Å². The van der Waals surface area contributed by atoms with Crippen molar-refractivity contribution in [3.8, 4) is 33.9 Å². The number of hydrogen-bond acceptors (Lipinski definition) is 7. The van der Waals surface area contributed by atoms with Crippen LogP contribution >= 0.6 is 0 Å². The number of sulfonamides is 1. The van der Waals surface area contributed by atoms with Gasteiger partial charge in [-0.3, -0.25) is 24.4 Å². The van der Waals surface area contributed by atoms with Crippen molar-refractivity contribution in [3.05, 3.63) is 83.8 Å². The number of rotatable bonds is 13. The monoisotopic (exact) mass is 666 g/mol. The molecule has 0 atom stereocenters. The molecule has 0 bridgehead atoms. The van der Waals surface area contributed by atoms with E-state index < -0.39 is 35.0 Å². The van der Waals surface area contributed by atoms with Gasteiger partial charge in [-0.25, -0.2) is 31.3 Å². The zero-order valence-electron chi connectivity index (χ0n) is 25.2. The minimum Gasteiger partial charge on any atom is -0.337 e. The first-order valence-corrected chi connectivity index (χ1v) is 16.6. The highest BCUT2D eigenvalue weighted by Gasteiger charge is 2.22. The molecule has 0 fully saturated rings. The van der Waals surface area contributed by atoms with Gasteiger partial charge in [0.05, 0.1) is 41.1 Å². The van der Waals surface area contributed by atoms with Crippen molar-refractivity contribution in [1.82, 2.24) is 39.8 Å². The third-order valence-corrected chi connectivity index (χ3v) is 8.24. The van der Waals surface area contributed by atoms with Gasteiger partial charge < -0.3 is 4.98 Å². The Hall–Kier alpha value is -4.73. The number of pyridine rings is 2. The second-order valence-corrected chi connectivity index (χ2v) is 12.9. The predicted molar refractivity (Wildman–Crippen MR) is 171 cm³/mol. The average Bonchev–Trinajstić information content (AvgIpc) is 3.67. The fraction of sp³-hybridized carbons (Fsp3) is 0.250. The lowest BCUT2D eigenvalue weighted by Gasteiger charge is -2.20. The predicted octanol–water partition coefficient (Wildman–Crippen LogP) is 5.69. The standard InChI is InChI=1S/C32H30F4N8O2S/c1-47(45,46)39-15-19-10-21(13-23(35)12-19)24-4-2-5-25-30(24)41-32(40-25)31-27-26(42-43-31)17-38-29(28(27)36)22-11-20(14-37-16-22)18-44(9-7-34)8-3-6-33/h2,4-5,10-14,16-17,39H,3,6-9,15,18H2,1H3,(H,40,41)(H,42,43). The smallest absolute Gasteiger partial charge is 0.209 e. The largest absolute Gasteiger partial charge is 0.337 e. The summed E-state index contributed by atoms with van der Waals surface area (Å²) in [4.78, 5) is 18.2. The summed E-state index contributed by atoms with van der Waals surface area (Å²) in [6, 6.07) is 11.3. The second-order valence-electron chi connectivity index (χ2n) is 11.1. The van der Waals surface area contributed by atoms with Crippen LogP contribution in [-0.4, -0.2) is 76.1 Å². The van der Waals surface area contributed by atoms with Crippen LogP contribution in [0.1, 0.15) is 17.5 Å². The number of benzene rings is 2. The average molecular weight is 667 g/mol. The highest BCUT2D eigenvalue weighted by atomic mass is 32.2. The molecule has 3 N–H and O–H groups in total. The van der Waals surface area contributed by atoms with Gasteiger partial charge in [-0.1, -0.05) is 12.1 Å². The minimum atomic E-state index is -3.49. The van der Waals surface area contributed by atoms with Crippen molar-refractivity contribution in [2.24, 2.45) is 0 Å². The fourth-order valence-corrected chi connectivity index (χ4v) is 5.91. The number of fused-ring (bicyclic) bond motifs is 2. The molecule has 244 valence electrons. The number of aromatic nitrogens is 6. The zero-order chi connectivity index (χ0) is 33.1. The lowest BCUT2D eigenvalue weighted by molar-refractivity contribution is 0.229. The van der Waals surface area contributed by atoms with Crippen LogP contribution in [0.3, 0.4) is 0 Å². The topological polar surface area (TPSA) is 133 Å². The Bertz CT molecular complexity index is 2170. The molecule has 15 heteroatoms. The van der Waals surface area contributed by atoms with Crippen LogP contribution < -0.4 is 4.72 Å². The van der Waals surface area contributed by atoms with E-state index in [-0.39, 0.29) is 42.1 Å². The molecule has 0 saturated heterocycles. The van der Waals surface area contributed by atoms with E-state index in [0.29, 0.717) is 57.5 Å². The molecular formula is C32H30F4N8O2S. The highest BCUT2D eigenvalue weighted by molar-refractivity contribution is 7.88. The van der Waals surface area contributed by atoms with Gasteiger partial charge in [-0.05, 0) is 53.4 Å². The van der Waals surface area contributed by atoms with Crippen LogP contribution in [0, 0.1) is 11.6 Å². The summed E-state index contributed by atoms with van der Waals surface area (Å²) >= 11 is 0. The van der Waals surface area contributed by atoms with E-state index in [0.717, 1.165) is 6.26 Å². The minimum absolute atomic E-state index is 0.0297.